The third-order valence-electron chi connectivity index (χ3n) is 4.15. The average Bonchev–Trinajstić information content (AvgIpc) is 2.24. The van der Waals surface area contributed by atoms with Crippen LogP contribution in [0.5, 0.6) is 0 Å². The zero-order valence-corrected chi connectivity index (χ0v) is 10.8. The zero-order chi connectivity index (χ0) is 11.4. The maximum atomic E-state index is 5.10. The number of hydrogen-bond donors (Lipinski definition) is 0. The first-order valence-electron chi connectivity index (χ1n) is 6.67. The summed E-state index contributed by atoms with van der Waals surface area (Å²) in [7, 11) is 4.03. The molecule has 0 aliphatic carbocycles. The summed E-state index contributed by atoms with van der Waals surface area (Å²) in [6, 6.07) is 0. The van der Waals surface area contributed by atoms with Crippen LogP contribution in [-0.4, -0.2) is 63.3 Å². The van der Waals surface area contributed by atoms with Gasteiger partial charge in [0.05, 0.1) is 6.61 Å². The summed E-state index contributed by atoms with van der Waals surface area (Å²) in [6.45, 7) is 7.27. The van der Waals surface area contributed by atoms with Crippen LogP contribution in [0.2, 0.25) is 0 Å². The van der Waals surface area contributed by atoms with Crippen LogP contribution in [0, 0.1) is 11.8 Å². The summed E-state index contributed by atoms with van der Waals surface area (Å²) in [5, 5.41) is 0. The molecule has 0 saturated carbocycles. The molecule has 0 N–H and O–H groups in total. The smallest absolute Gasteiger partial charge is 0.0589 e. The molecular formula is C13H26N2O. The van der Waals surface area contributed by atoms with Crippen molar-refractivity contribution in [3.8, 4) is 0 Å². The number of rotatable bonds is 5. The Kier molecular flexibility index (Phi) is 4.62. The molecule has 2 heterocycles. The van der Waals surface area contributed by atoms with Gasteiger partial charge in [0.1, 0.15) is 0 Å². The number of nitrogens with zero attached hydrogens (tertiary/aromatic N) is 2. The third kappa shape index (κ3) is 3.44. The lowest BCUT2D eigenvalue weighted by Gasteiger charge is -2.42. The Bertz CT molecular complexity index is 196. The summed E-state index contributed by atoms with van der Waals surface area (Å²) in [4.78, 5) is 4.98. The van der Waals surface area contributed by atoms with Crippen LogP contribution < -0.4 is 0 Å². The van der Waals surface area contributed by atoms with Gasteiger partial charge < -0.3 is 14.5 Å². The van der Waals surface area contributed by atoms with E-state index in [1.165, 1.54) is 45.4 Å². The van der Waals surface area contributed by atoms with Crippen LogP contribution in [-0.2, 0) is 4.74 Å². The van der Waals surface area contributed by atoms with Crippen molar-refractivity contribution in [2.24, 2.45) is 11.8 Å². The Morgan fingerprint density at radius 2 is 1.81 bits per heavy atom. The van der Waals surface area contributed by atoms with Crippen molar-refractivity contribution in [1.82, 2.24) is 9.80 Å². The molecule has 3 heteroatoms. The Balaban J connectivity index is 1.55. The minimum atomic E-state index is 0.890. The van der Waals surface area contributed by atoms with E-state index in [2.05, 4.69) is 16.8 Å². The summed E-state index contributed by atoms with van der Waals surface area (Å²) >= 11 is 0. The van der Waals surface area contributed by atoms with Gasteiger partial charge in [-0.25, -0.2) is 0 Å². The van der Waals surface area contributed by atoms with Crippen molar-refractivity contribution in [1.29, 1.82) is 0 Å². The Labute approximate surface area is 99.7 Å². The molecule has 0 aromatic heterocycles. The number of likely N-dealkylation sites (tertiary alicyclic amines) is 2. The molecule has 3 nitrogen and oxygen atoms in total. The Morgan fingerprint density at radius 1 is 1.12 bits per heavy atom. The van der Waals surface area contributed by atoms with Crippen molar-refractivity contribution in [2.45, 2.75) is 19.3 Å². The van der Waals surface area contributed by atoms with Crippen LogP contribution in [0.4, 0.5) is 0 Å². The summed E-state index contributed by atoms with van der Waals surface area (Å²) in [6.07, 6.45) is 4.31. The lowest BCUT2D eigenvalue weighted by molar-refractivity contribution is 0.0458. The fraction of sp³-hybridized carbons (Fsp3) is 1.00. The predicted octanol–water partition coefficient (Wildman–Crippen LogP) is 1.30. The van der Waals surface area contributed by atoms with Gasteiger partial charge in [0.25, 0.3) is 0 Å². The van der Waals surface area contributed by atoms with E-state index in [0.717, 1.165) is 25.0 Å². The molecule has 0 atom stereocenters. The van der Waals surface area contributed by atoms with E-state index in [1.807, 2.05) is 0 Å². The Hall–Kier alpha value is -0.120. The van der Waals surface area contributed by atoms with Crippen LogP contribution in [0.1, 0.15) is 19.3 Å². The number of ether oxygens (including phenoxy) is 1. The van der Waals surface area contributed by atoms with Crippen LogP contribution in [0.3, 0.4) is 0 Å². The molecule has 0 unspecified atom stereocenters. The van der Waals surface area contributed by atoms with Crippen LogP contribution >= 0.6 is 0 Å². The molecule has 2 saturated heterocycles. The standard InChI is InChI=1S/C13H26N2O/c1-14-5-3-12(4-6-14)9-13-10-15(11-13)7-8-16-2/h12-13H,3-11H2,1-2H3. The molecular weight excluding hydrogens is 200 g/mol. The molecule has 2 fully saturated rings. The van der Waals surface area contributed by atoms with E-state index in [4.69, 9.17) is 4.74 Å². The highest BCUT2D eigenvalue weighted by Crippen LogP contribution is 2.28. The molecule has 0 bridgehead atoms. The minimum absolute atomic E-state index is 0.890. The van der Waals surface area contributed by atoms with Gasteiger partial charge >= 0.3 is 0 Å². The van der Waals surface area contributed by atoms with Gasteiger partial charge in [0.2, 0.25) is 0 Å². The number of methoxy groups -OCH3 is 1. The first kappa shape index (κ1) is 12.3. The van der Waals surface area contributed by atoms with Crippen molar-refractivity contribution < 1.29 is 4.74 Å². The zero-order valence-electron chi connectivity index (χ0n) is 10.8. The first-order chi connectivity index (χ1) is 7.78. The maximum Gasteiger partial charge on any atom is 0.0589 e. The monoisotopic (exact) mass is 226 g/mol. The fourth-order valence-electron chi connectivity index (χ4n) is 3.00. The predicted molar refractivity (Wildman–Crippen MR) is 66.6 cm³/mol. The molecule has 0 aromatic rings. The van der Waals surface area contributed by atoms with Gasteiger partial charge in [-0.05, 0) is 51.2 Å². The third-order valence-corrected chi connectivity index (χ3v) is 4.15. The number of hydrogen-bond acceptors (Lipinski definition) is 3. The highest BCUT2D eigenvalue weighted by molar-refractivity contribution is 4.83. The van der Waals surface area contributed by atoms with Gasteiger partial charge in [-0.1, -0.05) is 0 Å². The van der Waals surface area contributed by atoms with E-state index in [-0.39, 0.29) is 0 Å². The molecule has 0 spiro atoms. The molecule has 16 heavy (non-hydrogen) atoms. The second-order valence-corrected chi connectivity index (χ2v) is 5.60. The molecule has 0 amide bonds. The topological polar surface area (TPSA) is 15.7 Å². The average molecular weight is 226 g/mol. The normalized spacial score (nSPS) is 25.9. The lowest BCUT2D eigenvalue weighted by atomic mass is 9.84. The molecule has 2 rings (SSSR count). The quantitative estimate of drug-likeness (QED) is 0.703. The highest BCUT2D eigenvalue weighted by atomic mass is 16.5. The van der Waals surface area contributed by atoms with Gasteiger partial charge in [0, 0.05) is 26.7 Å². The van der Waals surface area contributed by atoms with E-state index in [1.54, 1.807) is 7.11 Å². The second kappa shape index (κ2) is 5.99. The van der Waals surface area contributed by atoms with Crippen LogP contribution in [0.25, 0.3) is 0 Å². The summed E-state index contributed by atoms with van der Waals surface area (Å²) < 4.78 is 5.10. The van der Waals surface area contributed by atoms with E-state index < -0.39 is 0 Å². The van der Waals surface area contributed by atoms with Crippen LogP contribution in [0.15, 0.2) is 0 Å². The first-order valence-corrected chi connectivity index (χ1v) is 6.67. The second-order valence-electron chi connectivity index (χ2n) is 5.60. The number of piperidine rings is 1. The molecule has 94 valence electrons. The molecule has 0 radical (unpaired) electrons. The van der Waals surface area contributed by atoms with E-state index in [0.29, 0.717) is 0 Å². The minimum Gasteiger partial charge on any atom is -0.383 e. The van der Waals surface area contributed by atoms with Crippen molar-refractivity contribution in [2.75, 3.05) is 53.5 Å². The lowest BCUT2D eigenvalue weighted by Crippen LogP contribution is -2.49. The van der Waals surface area contributed by atoms with Crippen molar-refractivity contribution in [3.05, 3.63) is 0 Å². The SMILES string of the molecule is COCCN1CC(CC2CCN(C)CC2)C1. The van der Waals surface area contributed by atoms with Gasteiger partial charge in [-0.3, -0.25) is 0 Å². The summed E-state index contributed by atoms with van der Waals surface area (Å²) in [5.41, 5.74) is 0. The van der Waals surface area contributed by atoms with Gasteiger partial charge in [0.15, 0.2) is 0 Å². The largest absolute Gasteiger partial charge is 0.383 e. The molecule has 0 aromatic carbocycles. The Morgan fingerprint density at radius 3 is 2.44 bits per heavy atom. The molecule has 2 aliphatic heterocycles. The molecule has 2 aliphatic rings. The van der Waals surface area contributed by atoms with Crippen molar-refractivity contribution in [3.63, 3.8) is 0 Å². The van der Waals surface area contributed by atoms with Gasteiger partial charge in [-0.2, -0.15) is 0 Å². The van der Waals surface area contributed by atoms with Gasteiger partial charge in [-0.15, -0.1) is 0 Å². The van der Waals surface area contributed by atoms with E-state index in [9.17, 15) is 0 Å². The van der Waals surface area contributed by atoms with Crippen molar-refractivity contribution >= 4 is 0 Å². The maximum absolute atomic E-state index is 5.10. The summed E-state index contributed by atoms with van der Waals surface area (Å²) in [5.74, 6) is 1.98. The highest BCUT2D eigenvalue weighted by Gasteiger charge is 2.29. The van der Waals surface area contributed by atoms with E-state index >= 15 is 0 Å². The fourth-order valence-corrected chi connectivity index (χ4v) is 3.00.